The van der Waals surface area contributed by atoms with E-state index in [0.29, 0.717) is 6.07 Å². The van der Waals surface area contributed by atoms with E-state index in [1.165, 1.54) is 6.07 Å². The highest BCUT2D eigenvalue weighted by Gasteiger charge is 2.30. The molecule has 4 nitrogen and oxygen atoms in total. The molecule has 2 N–H and O–H groups in total. The van der Waals surface area contributed by atoms with Crippen molar-refractivity contribution in [2.45, 2.75) is 6.18 Å². The molecule has 0 bridgehead atoms. The Kier molecular flexibility index (Phi) is 5.02. The number of halogens is 5. The maximum absolute atomic E-state index is 12.5. The van der Waals surface area contributed by atoms with Crippen LogP contribution in [0.2, 0.25) is 0 Å². The van der Waals surface area contributed by atoms with Crippen LogP contribution in [-0.2, 0) is 15.8 Å². The summed E-state index contributed by atoms with van der Waals surface area (Å²) in [5, 5.41) is 8.76. The summed E-state index contributed by atoms with van der Waals surface area (Å²) in [5.41, 5.74) is -1.17. The van der Waals surface area contributed by atoms with Gasteiger partial charge in [-0.3, -0.25) is 4.79 Å². The second-order valence-corrected chi connectivity index (χ2v) is 4.22. The van der Waals surface area contributed by atoms with E-state index in [1.54, 1.807) is 0 Å². The first-order valence-corrected chi connectivity index (χ1v) is 5.65. The van der Waals surface area contributed by atoms with Gasteiger partial charge in [0.05, 0.1) is 5.56 Å². The average Bonchev–Trinajstić information content (AvgIpc) is 2.36. The van der Waals surface area contributed by atoms with Gasteiger partial charge in [0.25, 0.3) is 5.91 Å². The molecule has 20 heavy (non-hydrogen) atoms. The van der Waals surface area contributed by atoms with Gasteiger partial charge in [-0.05, 0) is 18.2 Å². The molecule has 0 heterocycles. The second-order valence-electron chi connectivity index (χ2n) is 3.47. The number of carboxylic acids is 1. The molecular formula is C11H6Cl2F3NO3. The lowest BCUT2D eigenvalue weighted by Crippen LogP contribution is -2.15. The van der Waals surface area contributed by atoms with Crippen molar-refractivity contribution in [3.05, 3.63) is 39.9 Å². The van der Waals surface area contributed by atoms with Crippen molar-refractivity contribution in [1.82, 2.24) is 0 Å². The minimum atomic E-state index is -4.57. The molecule has 0 radical (unpaired) electrons. The summed E-state index contributed by atoms with van der Waals surface area (Å²) in [7, 11) is 0. The van der Waals surface area contributed by atoms with E-state index in [2.05, 4.69) is 0 Å². The lowest BCUT2D eigenvalue weighted by atomic mass is 10.2. The summed E-state index contributed by atoms with van der Waals surface area (Å²) in [6.45, 7) is 0. The Morgan fingerprint density at radius 3 is 2.25 bits per heavy atom. The largest absolute Gasteiger partial charge is 0.477 e. The van der Waals surface area contributed by atoms with Gasteiger partial charge in [-0.2, -0.15) is 13.2 Å². The van der Waals surface area contributed by atoms with Gasteiger partial charge in [0, 0.05) is 5.69 Å². The quantitative estimate of drug-likeness (QED) is 0.836. The maximum Gasteiger partial charge on any atom is 0.416 e. The van der Waals surface area contributed by atoms with Gasteiger partial charge in [-0.15, -0.1) is 0 Å². The fraction of sp³-hybridized carbons (Fsp3) is 0.0909. The van der Waals surface area contributed by atoms with Crippen LogP contribution in [0.1, 0.15) is 5.56 Å². The van der Waals surface area contributed by atoms with Crippen LogP contribution >= 0.6 is 23.2 Å². The molecule has 9 heteroatoms. The maximum atomic E-state index is 12.5. The summed E-state index contributed by atoms with van der Waals surface area (Å²) in [6, 6.07) is 3.76. The number of amides is 1. The molecule has 0 saturated carbocycles. The zero-order chi connectivity index (χ0) is 15.5. The summed E-state index contributed by atoms with van der Waals surface area (Å²) in [4.78, 5) is 22.0. The molecule has 0 atom stereocenters. The number of carbonyl (C=O) groups excluding carboxylic acids is 1. The fourth-order valence-corrected chi connectivity index (χ4v) is 1.37. The first-order valence-electron chi connectivity index (χ1n) is 4.90. The number of alkyl halides is 3. The van der Waals surface area contributed by atoms with E-state index < -0.39 is 33.7 Å². The Hall–Kier alpha value is -1.73. The Balaban J connectivity index is 2.98. The van der Waals surface area contributed by atoms with Crippen molar-refractivity contribution in [2.24, 2.45) is 0 Å². The highest BCUT2D eigenvalue weighted by molar-refractivity contribution is 6.54. The van der Waals surface area contributed by atoms with Crippen molar-refractivity contribution in [3.8, 4) is 0 Å². The molecule has 1 rings (SSSR count). The van der Waals surface area contributed by atoms with Crippen LogP contribution < -0.4 is 5.32 Å². The molecule has 0 aliphatic carbocycles. The van der Waals surface area contributed by atoms with Crippen LogP contribution in [0.5, 0.6) is 0 Å². The van der Waals surface area contributed by atoms with Crippen molar-refractivity contribution >= 4 is 40.8 Å². The molecule has 0 aliphatic rings. The third kappa shape index (κ3) is 4.14. The Labute approximate surface area is 120 Å². The van der Waals surface area contributed by atoms with Crippen molar-refractivity contribution < 1.29 is 27.9 Å². The van der Waals surface area contributed by atoms with Gasteiger partial charge < -0.3 is 10.4 Å². The van der Waals surface area contributed by atoms with E-state index in [-0.39, 0.29) is 5.69 Å². The number of nitrogens with one attached hydrogen (secondary N) is 1. The van der Waals surface area contributed by atoms with Crippen molar-refractivity contribution in [3.63, 3.8) is 0 Å². The summed E-state index contributed by atoms with van der Waals surface area (Å²) in [6.07, 6.45) is -4.57. The lowest BCUT2D eigenvalue weighted by Gasteiger charge is -2.09. The summed E-state index contributed by atoms with van der Waals surface area (Å²) >= 11 is 10.6. The van der Waals surface area contributed by atoms with E-state index in [0.717, 1.165) is 12.1 Å². The monoisotopic (exact) mass is 327 g/mol. The van der Waals surface area contributed by atoms with Crippen LogP contribution in [-0.4, -0.2) is 17.0 Å². The lowest BCUT2D eigenvalue weighted by molar-refractivity contribution is -0.137. The van der Waals surface area contributed by atoms with Crippen molar-refractivity contribution in [1.29, 1.82) is 0 Å². The van der Waals surface area contributed by atoms with Crippen LogP contribution in [0.3, 0.4) is 0 Å². The number of carbonyl (C=O) groups is 2. The molecule has 1 aromatic carbocycles. The van der Waals surface area contributed by atoms with E-state index in [1.807, 2.05) is 5.32 Å². The van der Waals surface area contributed by atoms with E-state index in [9.17, 15) is 22.8 Å². The van der Waals surface area contributed by atoms with Gasteiger partial charge in [-0.1, -0.05) is 29.3 Å². The second kappa shape index (κ2) is 6.15. The molecular weight excluding hydrogens is 322 g/mol. The summed E-state index contributed by atoms with van der Waals surface area (Å²) < 4.78 is 37.4. The third-order valence-corrected chi connectivity index (χ3v) is 2.84. The highest BCUT2D eigenvalue weighted by Crippen LogP contribution is 2.30. The number of anilines is 1. The number of carboxylic acid groups (broad SMARTS) is 1. The van der Waals surface area contributed by atoms with Crippen LogP contribution in [0.15, 0.2) is 34.3 Å². The Morgan fingerprint density at radius 2 is 1.75 bits per heavy atom. The molecule has 0 aliphatic heterocycles. The predicted octanol–water partition coefficient (Wildman–Crippen LogP) is 3.42. The first kappa shape index (κ1) is 16.3. The van der Waals surface area contributed by atoms with Crippen LogP contribution in [0.25, 0.3) is 0 Å². The first-order chi connectivity index (χ1) is 9.12. The molecule has 0 fully saturated rings. The molecule has 0 spiro atoms. The fourth-order valence-electron chi connectivity index (χ4n) is 1.15. The number of benzene rings is 1. The van der Waals surface area contributed by atoms with Gasteiger partial charge in [0.2, 0.25) is 0 Å². The SMILES string of the molecule is O=C(O)/C(Cl)=C(/Cl)C(=O)Nc1cccc(C(F)(F)F)c1. The van der Waals surface area contributed by atoms with Crippen LogP contribution in [0, 0.1) is 0 Å². The van der Waals surface area contributed by atoms with Gasteiger partial charge in [0.1, 0.15) is 10.1 Å². The zero-order valence-corrected chi connectivity index (χ0v) is 11.0. The van der Waals surface area contributed by atoms with Crippen molar-refractivity contribution in [2.75, 3.05) is 5.32 Å². The van der Waals surface area contributed by atoms with E-state index >= 15 is 0 Å². The number of hydrogen-bond donors (Lipinski definition) is 2. The molecule has 1 amide bonds. The van der Waals surface area contributed by atoms with Gasteiger partial charge >= 0.3 is 12.1 Å². The van der Waals surface area contributed by atoms with Gasteiger partial charge in [-0.25, -0.2) is 4.79 Å². The Bertz CT molecular complexity index is 585. The standard InChI is InChI=1S/C11H6Cl2F3NO3/c12-7(8(13)10(19)20)9(18)17-6-3-1-2-5(4-6)11(14,15)16/h1-4H,(H,17,18)(H,19,20)/b8-7-. The molecule has 0 aromatic heterocycles. The molecule has 0 unspecified atom stereocenters. The normalized spacial score (nSPS) is 12.7. The minimum absolute atomic E-state index is 0.196. The Morgan fingerprint density at radius 1 is 1.15 bits per heavy atom. The van der Waals surface area contributed by atoms with Crippen LogP contribution in [0.4, 0.5) is 18.9 Å². The number of rotatable bonds is 3. The predicted molar refractivity (Wildman–Crippen MR) is 66.4 cm³/mol. The smallest absolute Gasteiger partial charge is 0.416 e. The number of hydrogen-bond acceptors (Lipinski definition) is 2. The average molecular weight is 328 g/mol. The third-order valence-electron chi connectivity index (χ3n) is 2.03. The topological polar surface area (TPSA) is 66.4 Å². The summed E-state index contributed by atoms with van der Waals surface area (Å²) in [5.74, 6) is -2.76. The van der Waals surface area contributed by atoms with Gasteiger partial charge in [0.15, 0.2) is 0 Å². The molecule has 108 valence electrons. The number of aliphatic carboxylic acids is 1. The molecule has 0 saturated heterocycles. The minimum Gasteiger partial charge on any atom is -0.477 e. The highest BCUT2D eigenvalue weighted by atomic mass is 35.5. The van der Waals surface area contributed by atoms with E-state index in [4.69, 9.17) is 28.3 Å². The zero-order valence-electron chi connectivity index (χ0n) is 9.46. The molecule has 1 aromatic rings.